The van der Waals surface area contributed by atoms with Crippen LogP contribution in [0.25, 0.3) is 11.4 Å². The van der Waals surface area contributed by atoms with Gasteiger partial charge in [0, 0.05) is 49.4 Å². The summed E-state index contributed by atoms with van der Waals surface area (Å²) < 4.78 is 39.3. The Hall–Kier alpha value is -2.64. The number of carbonyl (C=O) groups is 1. The zero-order valence-electron chi connectivity index (χ0n) is 17.8. The molecule has 0 atom stereocenters. The molecule has 0 unspecified atom stereocenters. The van der Waals surface area contributed by atoms with Gasteiger partial charge < -0.3 is 9.80 Å². The summed E-state index contributed by atoms with van der Waals surface area (Å²) in [5.41, 5.74) is 1.24. The molecule has 1 aliphatic heterocycles. The second-order valence-corrected chi connectivity index (χ2v) is 8.13. The fourth-order valence-electron chi connectivity index (χ4n) is 3.53. The fourth-order valence-corrected chi connectivity index (χ4v) is 3.53. The third-order valence-electron chi connectivity index (χ3n) is 5.33. The molecule has 0 radical (unpaired) electrons. The van der Waals surface area contributed by atoms with Crippen molar-refractivity contribution in [2.24, 2.45) is 5.92 Å². The van der Waals surface area contributed by atoms with Gasteiger partial charge in [0.25, 0.3) is 0 Å². The highest BCUT2D eigenvalue weighted by molar-refractivity contribution is 5.76. The van der Waals surface area contributed by atoms with Crippen molar-refractivity contribution in [3.05, 3.63) is 41.1 Å². The van der Waals surface area contributed by atoms with Crippen LogP contribution in [-0.4, -0.2) is 47.0 Å². The van der Waals surface area contributed by atoms with Crippen molar-refractivity contribution in [3.63, 3.8) is 0 Å². The number of aromatic nitrogens is 2. The number of nitrogens with zero attached hydrogens (tertiary/aromatic N) is 4. The summed E-state index contributed by atoms with van der Waals surface area (Å²) in [5, 5.41) is 0. The molecule has 0 N–H and O–H groups in total. The number of aryl methyl sites for hydroxylation is 1. The van der Waals surface area contributed by atoms with Gasteiger partial charge in [0.1, 0.15) is 5.82 Å². The van der Waals surface area contributed by atoms with Crippen LogP contribution < -0.4 is 4.90 Å². The molecule has 5 nitrogen and oxygen atoms in total. The Labute approximate surface area is 174 Å². The molecule has 1 aliphatic rings. The largest absolute Gasteiger partial charge is 0.416 e. The molecule has 162 valence electrons. The SMILES string of the molecule is Cc1nc(-c2cccc(C(F)(F)F)c2)nc(N2CCN(C(=O)CC(C)C)CC2)c1C. The van der Waals surface area contributed by atoms with Crippen LogP contribution in [0.15, 0.2) is 24.3 Å². The molecule has 1 aromatic carbocycles. The van der Waals surface area contributed by atoms with Crippen molar-refractivity contribution in [1.82, 2.24) is 14.9 Å². The summed E-state index contributed by atoms with van der Waals surface area (Å²) in [6, 6.07) is 5.08. The van der Waals surface area contributed by atoms with Gasteiger partial charge in [-0.1, -0.05) is 26.0 Å². The number of carbonyl (C=O) groups excluding carboxylic acids is 1. The first-order valence-electron chi connectivity index (χ1n) is 10.1. The number of hydrogen-bond donors (Lipinski definition) is 0. The Kier molecular flexibility index (Phi) is 6.33. The van der Waals surface area contributed by atoms with Gasteiger partial charge in [-0.15, -0.1) is 0 Å². The average Bonchev–Trinajstić information content (AvgIpc) is 2.69. The standard InChI is InChI=1S/C22H27F3N4O/c1-14(2)12-19(30)28-8-10-29(11-9-28)21-15(3)16(4)26-20(27-21)17-6-5-7-18(13-17)22(23,24)25/h5-7,13-14H,8-12H2,1-4H3. The van der Waals surface area contributed by atoms with Crippen LogP contribution in [0.5, 0.6) is 0 Å². The van der Waals surface area contributed by atoms with E-state index in [1.807, 2.05) is 32.6 Å². The lowest BCUT2D eigenvalue weighted by Crippen LogP contribution is -2.49. The highest BCUT2D eigenvalue weighted by Crippen LogP contribution is 2.32. The van der Waals surface area contributed by atoms with Crippen LogP contribution in [0.4, 0.5) is 19.0 Å². The van der Waals surface area contributed by atoms with Gasteiger partial charge in [0.2, 0.25) is 5.91 Å². The summed E-state index contributed by atoms with van der Waals surface area (Å²) in [4.78, 5) is 25.3. The molecular formula is C22H27F3N4O. The molecule has 2 aromatic rings. The molecule has 1 saturated heterocycles. The van der Waals surface area contributed by atoms with Crippen LogP contribution in [0, 0.1) is 19.8 Å². The van der Waals surface area contributed by atoms with Crippen molar-refractivity contribution < 1.29 is 18.0 Å². The quantitative estimate of drug-likeness (QED) is 0.732. The van der Waals surface area contributed by atoms with Gasteiger partial charge >= 0.3 is 6.18 Å². The summed E-state index contributed by atoms with van der Waals surface area (Å²) >= 11 is 0. The molecular weight excluding hydrogens is 393 g/mol. The molecule has 1 aromatic heterocycles. The molecule has 2 heterocycles. The van der Waals surface area contributed by atoms with Crippen LogP contribution >= 0.6 is 0 Å². The lowest BCUT2D eigenvalue weighted by molar-refractivity contribution is -0.137. The van der Waals surface area contributed by atoms with Crippen molar-refractivity contribution in [2.75, 3.05) is 31.1 Å². The summed E-state index contributed by atoms with van der Waals surface area (Å²) in [6.07, 6.45) is -3.89. The molecule has 1 fully saturated rings. The zero-order valence-corrected chi connectivity index (χ0v) is 17.8. The molecule has 1 amide bonds. The van der Waals surface area contributed by atoms with E-state index in [9.17, 15) is 18.0 Å². The van der Waals surface area contributed by atoms with Gasteiger partial charge in [0.15, 0.2) is 5.82 Å². The van der Waals surface area contributed by atoms with E-state index in [1.165, 1.54) is 6.07 Å². The Morgan fingerprint density at radius 3 is 2.37 bits per heavy atom. The number of hydrogen-bond acceptors (Lipinski definition) is 4. The predicted octanol–water partition coefficient (Wildman–Crippen LogP) is 4.47. The Balaban J connectivity index is 1.84. The fraction of sp³-hybridized carbons (Fsp3) is 0.500. The van der Waals surface area contributed by atoms with E-state index in [0.717, 1.165) is 23.4 Å². The van der Waals surface area contributed by atoms with E-state index in [4.69, 9.17) is 0 Å². The maximum Gasteiger partial charge on any atom is 0.416 e. The zero-order chi connectivity index (χ0) is 22.1. The average molecular weight is 420 g/mol. The van der Waals surface area contributed by atoms with E-state index in [0.29, 0.717) is 49.9 Å². The number of benzene rings is 1. The normalized spacial score (nSPS) is 15.1. The van der Waals surface area contributed by atoms with Gasteiger partial charge in [-0.3, -0.25) is 4.79 Å². The Morgan fingerprint density at radius 1 is 1.10 bits per heavy atom. The van der Waals surface area contributed by atoms with E-state index in [1.54, 1.807) is 6.07 Å². The minimum absolute atomic E-state index is 0.157. The van der Waals surface area contributed by atoms with Crippen molar-refractivity contribution in [3.8, 4) is 11.4 Å². The number of amides is 1. The molecule has 0 aliphatic carbocycles. The number of alkyl halides is 3. The first-order valence-corrected chi connectivity index (χ1v) is 10.1. The Morgan fingerprint density at radius 2 is 1.77 bits per heavy atom. The Bertz CT molecular complexity index is 919. The second kappa shape index (κ2) is 8.62. The maximum absolute atomic E-state index is 13.1. The first kappa shape index (κ1) is 22.1. The van der Waals surface area contributed by atoms with Gasteiger partial charge in [0.05, 0.1) is 5.56 Å². The van der Waals surface area contributed by atoms with E-state index >= 15 is 0 Å². The van der Waals surface area contributed by atoms with Crippen molar-refractivity contribution in [2.45, 2.75) is 40.3 Å². The molecule has 30 heavy (non-hydrogen) atoms. The third kappa shape index (κ3) is 4.91. The van der Waals surface area contributed by atoms with Gasteiger partial charge in [-0.25, -0.2) is 9.97 Å². The minimum Gasteiger partial charge on any atom is -0.353 e. The van der Waals surface area contributed by atoms with Gasteiger partial charge in [-0.05, 0) is 31.9 Å². The van der Waals surface area contributed by atoms with E-state index in [2.05, 4.69) is 14.9 Å². The molecule has 0 spiro atoms. The predicted molar refractivity (Wildman–Crippen MR) is 110 cm³/mol. The summed E-state index contributed by atoms with van der Waals surface area (Å²) in [7, 11) is 0. The van der Waals surface area contributed by atoms with Crippen LogP contribution in [0.3, 0.4) is 0 Å². The topological polar surface area (TPSA) is 49.3 Å². The lowest BCUT2D eigenvalue weighted by Gasteiger charge is -2.36. The summed E-state index contributed by atoms with van der Waals surface area (Å²) in [6.45, 7) is 10.3. The highest BCUT2D eigenvalue weighted by atomic mass is 19.4. The second-order valence-electron chi connectivity index (χ2n) is 8.13. The minimum atomic E-state index is -4.42. The molecule has 8 heteroatoms. The highest BCUT2D eigenvalue weighted by Gasteiger charge is 2.31. The van der Waals surface area contributed by atoms with Crippen LogP contribution in [-0.2, 0) is 11.0 Å². The van der Waals surface area contributed by atoms with Crippen LogP contribution in [0.1, 0.15) is 37.1 Å². The number of anilines is 1. The smallest absolute Gasteiger partial charge is 0.353 e. The monoisotopic (exact) mass is 420 g/mol. The van der Waals surface area contributed by atoms with E-state index in [-0.39, 0.29) is 11.7 Å². The number of halogens is 3. The summed E-state index contributed by atoms with van der Waals surface area (Å²) in [5.74, 6) is 1.46. The van der Waals surface area contributed by atoms with Crippen LogP contribution in [0.2, 0.25) is 0 Å². The molecule has 0 saturated carbocycles. The van der Waals surface area contributed by atoms with Crippen molar-refractivity contribution >= 4 is 11.7 Å². The van der Waals surface area contributed by atoms with Crippen molar-refractivity contribution in [1.29, 1.82) is 0 Å². The number of piperazine rings is 1. The maximum atomic E-state index is 13.1. The third-order valence-corrected chi connectivity index (χ3v) is 5.33. The molecule has 0 bridgehead atoms. The van der Waals surface area contributed by atoms with Gasteiger partial charge in [-0.2, -0.15) is 13.2 Å². The first-order chi connectivity index (χ1) is 14.1. The lowest BCUT2D eigenvalue weighted by atomic mass is 10.1. The number of rotatable bonds is 4. The molecule has 3 rings (SSSR count). The van der Waals surface area contributed by atoms with E-state index < -0.39 is 11.7 Å².